The molecule has 6 nitrogen and oxygen atoms in total. The number of nitrogens with zero attached hydrogens (tertiary/aromatic N) is 3. The molecule has 2 aliphatic carbocycles. The van der Waals surface area contributed by atoms with Gasteiger partial charge in [0, 0.05) is 12.6 Å². The first-order valence-corrected chi connectivity index (χ1v) is 8.00. The van der Waals surface area contributed by atoms with Crippen LogP contribution in [0.15, 0.2) is 0 Å². The minimum Gasteiger partial charge on any atom is -0.467 e. The average molecular weight is 291 g/mol. The third-order valence-corrected chi connectivity index (χ3v) is 4.92. The minimum absolute atomic E-state index is 0.351. The van der Waals surface area contributed by atoms with E-state index in [2.05, 4.69) is 32.5 Å². The van der Waals surface area contributed by atoms with Crippen molar-refractivity contribution >= 4 is 11.9 Å². The van der Waals surface area contributed by atoms with Crippen molar-refractivity contribution in [1.29, 1.82) is 0 Å². The van der Waals surface area contributed by atoms with E-state index in [1.165, 1.54) is 25.7 Å². The molecule has 2 saturated carbocycles. The van der Waals surface area contributed by atoms with E-state index in [0.717, 1.165) is 24.3 Å². The van der Waals surface area contributed by atoms with Crippen LogP contribution in [0.2, 0.25) is 0 Å². The Balaban J connectivity index is 1.70. The highest BCUT2D eigenvalue weighted by molar-refractivity contribution is 5.36. The highest BCUT2D eigenvalue weighted by Gasteiger charge is 2.41. The van der Waals surface area contributed by atoms with Gasteiger partial charge in [-0.2, -0.15) is 15.0 Å². The van der Waals surface area contributed by atoms with E-state index in [4.69, 9.17) is 4.74 Å². The van der Waals surface area contributed by atoms with Gasteiger partial charge in [0.15, 0.2) is 0 Å². The van der Waals surface area contributed by atoms with Crippen LogP contribution in [0.5, 0.6) is 6.01 Å². The molecule has 2 bridgehead atoms. The molecule has 0 aromatic carbocycles. The molecule has 1 aromatic heterocycles. The second-order valence-corrected chi connectivity index (χ2v) is 6.27. The number of rotatable bonds is 6. The first-order valence-electron chi connectivity index (χ1n) is 8.00. The molecule has 2 fully saturated rings. The predicted molar refractivity (Wildman–Crippen MR) is 82.6 cm³/mol. The second kappa shape index (κ2) is 6.03. The van der Waals surface area contributed by atoms with Gasteiger partial charge in [-0.3, -0.25) is 0 Å². The van der Waals surface area contributed by atoms with Crippen molar-refractivity contribution in [3.8, 4) is 6.01 Å². The number of aromatic nitrogens is 3. The third kappa shape index (κ3) is 3.04. The standard InChI is InChI=1S/C15H25N5O/c1-4-16-13-18-14(20-15(19-13)21-3)17-9(2)12-8-10-5-6-11(12)7-10/h9-12H,4-8H2,1-3H3,(H2,16,17,18,19,20). The number of nitrogens with one attached hydrogen (secondary N) is 2. The Hall–Kier alpha value is -1.59. The van der Waals surface area contributed by atoms with E-state index in [1.54, 1.807) is 7.11 Å². The molecular weight excluding hydrogens is 266 g/mol. The number of hydrogen-bond acceptors (Lipinski definition) is 6. The SMILES string of the molecule is CCNc1nc(NC(C)C2CC3CCC2C3)nc(OC)n1. The van der Waals surface area contributed by atoms with Crippen molar-refractivity contribution in [2.45, 2.75) is 45.6 Å². The van der Waals surface area contributed by atoms with E-state index in [1.807, 2.05) is 6.92 Å². The predicted octanol–water partition coefficient (Wildman–Crippen LogP) is 2.55. The number of fused-ring (bicyclic) bond motifs is 2. The first-order chi connectivity index (χ1) is 10.2. The lowest BCUT2D eigenvalue weighted by atomic mass is 9.84. The largest absolute Gasteiger partial charge is 0.467 e. The monoisotopic (exact) mass is 291 g/mol. The molecule has 4 atom stereocenters. The van der Waals surface area contributed by atoms with Gasteiger partial charge in [0.05, 0.1) is 7.11 Å². The molecular formula is C15H25N5O. The molecule has 6 heteroatoms. The van der Waals surface area contributed by atoms with Crippen molar-refractivity contribution in [2.24, 2.45) is 17.8 Å². The van der Waals surface area contributed by atoms with Gasteiger partial charge in [-0.15, -0.1) is 0 Å². The van der Waals surface area contributed by atoms with Gasteiger partial charge >= 0.3 is 6.01 Å². The molecule has 0 spiro atoms. The second-order valence-electron chi connectivity index (χ2n) is 6.27. The zero-order chi connectivity index (χ0) is 14.8. The van der Waals surface area contributed by atoms with Gasteiger partial charge in [-0.25, -0.2) is 0 Å². The van der Waals surface area contributed by atoms with Crippen molar-refractivity contribution in [2.75, 3.05) is 24.3 Å². The molecule has 0 amide bonds. The quantitative estimate of drug-likeness (QED) is 0.839. The van der Waals surface area contributed by atoms with Crippen LogP contribution in [0.3, 0.4) is 0 Å². The topological polar surface area (TPSA) is 72.0 Å². The number of hydrogen-bond donors (Lipinski definition) is 2. The molecule has 116 valence electrons. The molecule has 2 aliphatic rings. The third-order valence-electron chi connectivity index (χ3n) is 4.92. The van der Waals surface area contributed by atoms with Gasteiger partial charge in [-0.1, -0.05) is 6.42 Å². The van der Waals surface area contributed by atoms with Crippen LogP contribution in [0.4, 0.5) is 11.9 Å². The Bertz CT molecular complexity index is 495. The van der Waals surface area contributed by atoms with Gasteiger partial charge in [0.2, 0.25) is 11.9 Å². The summed E-state index contributed by atoms with van der Waals surface area (Å²) in [7, 11) is 1.58. The normalized spacial score (nSPS) is 28.4. The lowest BCUT2D eigenvalue weighted by molar-refractivity contribution is 0.303. The van der Waals surface area contributed by atoms with Crippen molar-refractivity contribution in [1.82, 2.24) is 15.0 Å². The van der Waals surface area contributed by atoms with Crippen LogP contribution < -0.4 is 15.4 Å². The lowest BCUT2D eigenvalue weighted by Crippen LogP contribution is -2.30. The molecule has 2 N–H and O–H groups in total. The summed E-state index contributed by atoms with van der Waals surface area (Å²) in [4.78, 5) is 12.9. The molecule has 4 unspecified atom stereocenters. The summed E-state index contributed by atoms with van der Waals surface area (Å²) in [5.74, 6) is 3.75. The highest BCUT2D eigenvalue weighted by atomic mass is 16.5. The van der Waals surface area contributed by atoms with Crippen molar-refractivity contribution in [3.05, 3.63) is 0 Å². The molecule has 3 rings (SSSR count). The van der Waals surface area contributed by atoms with Crippen LogP contribution in [-0.4, -0.2) is 34.6 Å². The summed E-state index contributed by atoms with van der Waals surface area (Å²) in [5, 5.41) is 6.57. The summed E-state index contributed by atoms with van der Waals surface area (Å²) in [5.41, 5.74) is 0. The molecule has 21 heavy (non-hydrogen) atoms. The fourth-order valence-corrected chi connectivity index (χ4v) is 3.97. The van der Waals surface area contributed by atoms with E-state index >= 15 is 0 Å². The van der Waals surface area contributed by atoms with Gasteiger partial charge in [-0.05, 0) is 50.9 Å². The van der Waals surface area contributed by atoms with E-state index in [9.17, 15) is 0 Å². The van der Waals surface area contributed by atoms with Gasteiger partial charge in [0.1, 0.15) is 0 Å². The maximum Gasteiger partial charge on any atom is 0.322 e. The smallest absolute Gasteiger partial charge is 0.322 e. The molecule has 0 saturated heterocycles. The summed E-state index contributed by atoms with van der Waals surface area (Å²) in [6, 6.07) is 0.741. The summed E-state index contributed by atoms with van der Waals surface area (Å²) < 4.78 is 5.16. The molecule has 0 radical (unpaired) electrons. The number of ether oxygens (including phenoxy) is 1. The number of anilines is 2. The Kier molecular flexibility index (Phi) is 4.12. The first kappa shape index (κ1) is 14.4. The maximum absolute atomic E-state index is 5.16. The van der Waals surface area contributed by atoms with Crippen molar-refractivity contribution < 1.29 is 4.74 Å². The van der Waals surface area contributed by atoms with Crippen LogP contribution in [0, 0.1) is 17.8 Å². The van der Waals surface area contributed by atoms with Gasteiger partial charge in [0.25, 0.3) is 0 Å². The lowest BCUT2D eigenvalue weighted by Gasteiger charge is -2.28. The van der Waals surface area contributed by atoms with E-state index < -0.39 is 0 Å². The average Bonchev–Trinajstić information content (AvgIpc) is 3.10. The van der Waals surface area contributed by atoms with Crippen LogP contribution >= 0.6 is 0 Å². The Morgan fingerprint density at radius 1 is 1.19 bits per heavy atom. The molecule has 1 aromatic rings. The van der Waals surface area contributed by atoms with E-state index in [-0.39, 0.29) is 0 Å². The minimum atomic E-state index is 0.351. The van der Waals surface area contributed by atoms with Crippen molar-refractivity contribution in [3.63, 3.8) is 0 Å². The van der Waals surface area contributed by atoms with E-state index in [0.29, 0.717) is 23.9 Å². The van der Waals surface area contributed by atoms with Gasteiger partial charge < -0.3 is 15.4 Å². The van der Waals surface area contributed by atoms with Crippen LogP contribution in [0.25, 0.3) is 0 Å². The summed E-state index contributed by atoms with van der Waals surface area (Å²) >= 11 is 0. The summed E-state index contributed by atoms with van der Waals surface area (Å²) in [6.45, 7) is 5.03. The summed E-state index contributed by atoms with van der Waals surface area (Å²) in [6.07, 6.45) is 5.59. The Labute approximate surface area is 126 Å². The zero-order valence-electron chi connectivity index (χ0n) is 13.1. The maximum atomic E-state index is 5.16. The number of methoxy groups -OCH3 is 1. The zero-order valence-corrected chi connectivity index (χ0v) is 13.1. The fourth-order valence-electron chi connectivity index (χ4n) is 3.97. The van der Waals surface area contributed by atoms with Crippen LogP contribution in [-0.2, 0) is 0 Å². The fraction of sp³-hybridized carbons (Fsp3) is 0.800. The molecule has 0 aliphatic heterocycles. The molecule has 1 heterocycles. The Morgan fingerprint density at radius 3 is 2.62 bits per heavy atom. The highest BCUT2D eigenvalue weighted by Crippen LogP contribution is 2.49. The Morgan fingerprint density at radius 2 is 2.00 bits per heavy atom. The van der Waals surface area contributed by atoms with Crippen LogP contribution in [0.1, 0.15) is 39.5 Å².